The number of nitrogen functional groups attached to an aromatic ring is 1. The predicted molar refractivity (Wildman–Crippen MR) is 128 cm³/mol. The van der Waals surface area contributed by atoms with Gasteiger partial charge >= 0.3 is 0 Å². The highest BCUT2D eigenvalue weighted by atomic mass is 31.2. The monoisotopic (exact) mass is 541 g/mol. The lowest BCUT2D eigenvalue weighted by Crippen LogP contribution is -2.50. The van der Waals surface area contributed by atoms with Crippen LogP contribution in [0.25, 0.3) is 11.2 Å². The molecular weight excluding hydrogens is 511 g/mol. The van der Waals surface area contributed by atoms with E-state index in [0.29, 0.717) is 0 Å². The van der Waals surface area contributed by atoms with Gasteiger partial charge in [0, 0.05) is 24.9 Å². The number of aromatic nitrogens is 4. The van der Waals surface area contributed by atoms with Crippen LogP contribution in [0.1, 0.15) is 53.2 Å². The van der Waals surface area contributed by atoms with Gasteiger partial charge in [0.25, 0.3) is 14.1 Å². The number of anilines is 1. The number of nitrogens with one attached hydrogen (secondary N) is 1. The maximum atomic E-state index is 16.6. The predicted octanol–water partition coefficient (Wildman–Crippen LogP) is 2.22. The number of nitrogens with zero attached hydrogens (tertiary/aromatic N) is 5. The van der Waals surface area contributed by atoms with E-state index < -0.39 is 55.9 Å². The number of nitriles is 1. The summed E-state index contributed by atoms with van der Waals surface area (Å²) in [5.74, 6) is -0.193. The molecule has 3 heterocycles. The van der Waals surface area contributed by atoms with Crippen LogP contribution in [0, 0.1) is 11.3 Å². The Hall–Kier alpha value is -2.27. The zero-order valence-corrected chi connectivity index (χ0v) is 21.8. The highest BCUT2D eigenvalue weighted by molar-refractivity contribution is 7.44. The topological polar surface area (TPSA) is 165 Å². The first kappa shape index (κ1) is 26.3. The van der Waals surface area contributed by atoms with E-state index in [-0.39, 0.29) is 48.6 Å². The van der Waals surface area contributed by atoms with Gasteiger partial charge < -0.3 is 24.6 Å². The van der Waals surface area contributed by atoms with Gasteiger partial charge in [-0.05, 0) is 27.7 Å². The van der Waals surface area contributed by atoms with Gasteiger partial charge in [0.05, 0.1) is 25.4 Å². The molecule has 37 heavy (non-hydrogen) atoms. The minimum atomic E-state index is -2.07. The summed E-state index contributed by atoms with van der Waals surface area (Å²) in [5, 5.41) is 20.1. The summed E-state index contributed by atoms with van der Waals surface area (Å²) in [4.78, 5) is 22.7. The van der Waals surface area contributed by atoms with Crippen molar-refractivity contribution in [3.63, 3.8) is 0 Å². The lowest BCUT2D eigenvalue weighted by Gasteiger charge is -2.41. The van der Waals surface area contributed by atoms with Gasteiger partial charge in [0.2, 0.25) is 5.95 Å². The standard InChI is InChI=1S/C22H30F2N7O5P/c1-11(2)31(12(3)4)37(34-7-5-6-25)36-21-8-20(24)9-22(20,33)18(21)35-17(14(21)23)30-10-27-13-15(30)28-19(26)29-16(13)32/h10-12,14,17-18,33H,5,7-9H2,1-4H3,(H3,26,28,29,32)/t14-,17+,18-,20-,21-,22-,37?/m0/s1. The maximum absolute atomic E-state index is 16.6. The summed E-state index contributed by atoms with van der Waals surface area (Å²) in [6, 6.07) is 1.82. The van der Waals surface area contributed by atoms with Crippen molar-refractivity contribution in [1.29, 1.82) is 5.26 Å². The van der Waals surface area contributed by atoms with E-state index >= 15 is 8.78 Å². The second kappa shape index (κ2) is 8.90. The van der Waals surface area contributed by atoms with E-state index in [9.17, 15) is 9.90 Å². The lowest BCUT2D eigenvalue weighted by atomic mass is 9.90. The van der Waals surface area contributed by atoms with Crippen molar-refractivity contribution in [3.8, 4) is 6.07 Å². The molecule has 7 atom stereocenters. The normalized spacial score (nSPS) is 35.3. The minimum absolute atomic E-state index is 0.0168. The first-order chi connectivity index (χ1) is 17.4. The zero-order valence-electron chi connectivity index (χ0n) is 20.9. The fourth-order valence-corrected chi connectivity index (χ4v) is 7.51. The first-order valence-corrected chi connectivity index (χ1v) is 13.2. The van der Waals surface area contributed by atoms with Crippen molar-refractivity contribution >= 4 is 25.6 Å². The molecule has 4 N–H and O–H groups in total. The zero-order chi connectivity index (χ0) is 26.9. The van der Waals surface area contributed by atoms with Crippen molar-refractivity contribution in [2.45, 2.75) is 94.4 Å². The molecule has 0 aromatic carbocycles. The van der Waals surface area contributed by atoms with E-state index in [1.54, 1.807) is 0 Å². The summed E-state index contributed by atoms with van der Waals surface area (Å²) >= 11 is 0. The molecule has 1 unspecified atom stereocenters. The number of rotatable bonds is 9. The summed E-state index contributed by atoms with van der Waals surface area (Å²) in [6.07, 6.45) is -4.18. The number of aromatic amines is 1. The van der Waals surface area contributed by atoms with E-state index in [2.05, 4.69) is 15.0 Å². The number of imidazole rings is 1. The molecule has 3 fully saturated rings. The molecule has 2 aliphatic carbocycles. The van der Waals surface area contributed by atoms with Crippen LogP contribution in [0.15, 0.2) is 11.1 Å². The number of alkyl halides is 2. The van der Waals surface area contributed by atoms with Crippen molar-refractivity contribution in [3.05, 3.63) is 16.7 Å². The SMILES string of the molecule is CC(C)N(C(C)C)P(OCCC#N)O[C@]12C[C@]3(F)C[C@]3(O)[C@H]1O[C@@H](n1cnc3c(=O)[nH]c(N)nc31)[C@@H]2F. The molecule has 5 rings (SSSR count). The maximum Gasteiger partial charge on any atom is 0.280 e. The first-order valence-electron chi connectivity index (χ1n) is 12.1. The van der Waals surface area contributed by atoms with Crippen molar-refractivity contribution in [1.82, 2.24) is 24.2 Å². The Bertz CT molecular complexity index is 1290. The van der Waals surface area contributed by atoms with Gasteiger partial charge in [-0.3, -0.25) is 14.3 Å². The molecule has 2 aromatic rings. The van der Waals surface area contributed by atoms with E-state index in [1.165, 1.54) is 10.9 Å². The Labute approximate surface area is 212 Å². The number of H-pyrrole nitrogens is 1. The molecule has 2 aromatic heterocycles. The molecule has 0 bridgehead atoms. The van der Waals surface area contributed by atoms with Gasteiger partial charge in [0.15, 0.2) is 23.6 Å². The third kappa shape index (κ3) is 3.87. The van der Waals surface area contributed by atoms with Crippen molar-refractivity contribution < 1.29 is 27.7 Å². The molecule has 1 aliphatic heterocycles. The van der Waals surface area contributed by atoms with E-state index in [0.717, 1.165) is 0 Å². The van der Waals surface area contributed by atoms with Gasteiger partial charge in [-0.15, -0.1) is 0 Å². The van der Waals surface area contributed by atoms with Crippen LogP contribution in [-0.2, 0) is 13.8 Å². The smallest absolute Gasteiger partial charge is 0.280 e. The Kier molecular flexibility index (Phi) is 6.33. The summed E-state index contributed by atoms with van der Waals surface area (Å²) in [6.45, 7) is 7.71. The van der Waals surface area contributed by atoms with Crippen LogP contribution in [0.3, 0.4) is 0 Å². The third-order valence-corrected chi connectivity index (χ3v) is 9.46. The summed E-state index contributed by atoms with van der Waals surface area (Å²) in [5.41, 5.74) is -0.935. The fourth-order valence-electron chi connectivity index (χ4n) is 5.68. The number of fused-ring (bicyclic) bond motifs is 4. The number of hydrogen-bond acceptors (Lipinski definition) is 10. The summed E-state index contributed by atoms with van der Waals surface area (Å²) in [7, 11) is -1.99. The van der Waals surface area contributed by atoms with Crippen LogP contribution in [-0.4, -0.2) is 77.1 Å². The second-order valence-corrected chi connectivity index (χ2v) is 11.8. The molecule has 2 saturated carbocycles. The largest absolute Gasteiger partial charge is 0.384 e. The van der Waals surface area contributed by atoms with Gasteiger partial charge in [-0.25, -0.2) is 18.4 Å². The van der Waals surface area contributed by atoms with Gasteiger partial charge in [-0.2, -0.15) is 10.2 Å². The van der Waals surface area contributed by atoms with Gasteiger partial charge in [0.1, 0.15) is 23.0 Å². The molecule has 202 valence electrons. The van der Waals surface area contributed by atoms with Crippen molar-refractivity contribution in [2.24, 2.45) is 0 Å². The Morgan fingerprint density at radius 3 is 2.78 bits per heavy atom. The minimum Gasteiger partial charge on any atom is -0.384 e. The molecule has 0 spiro atoms. The molecule has 3 aliphatic rings. The molecule has 1 saturated heterocycles. The van der Waals surface area contributed by atoms with Crippen LogP contribution in [0.5, 0.6) is 0 Å². The van der Waals surface area contributed by atoms with E-state index in [1.807, 2.05) is 38.4 Å². The Morgan fingerprint density at radius 1 is 1.43 bits per heavy atom. The second-order valence-electron chi connectivity index (χ2n) is 10.4. The molecule has 0 amide bonds. The molecular formula is C22H30F2N7O5P. The number of nitrogens with two attached hydrogens (primary N) is 1. The average Bonchev–Trinajstić information content (AvgIpc) is 3.06. The number of aliphatic hydroxyl groups is 1. The number of hydrogen-bond donors (Lipinski definition) is 3. The number of ether oxygens (including phenoxy) is 1. The lowest BCUT2D eigenvalue weighted by molar-refractivity contribution is -0.104. The molecule has 0 radical (unpaired) electrons. The van der Waals surface area contributed by atoms with Crippen LogP contribution >= 0.6 is 8.53 Å². The highest BCUT2D eigenvalue weighted by Crippen LogP contribution is 2.73. The van der Waals surface area contributed by atoms with Crippen LogP contribution in [0.2, 0.25) is 0 Å². The van der Waals surface area contributed by atoms with Crippen LogP contribution in [0.4, 0.5) is 14.7 Å². The average molecular weight is 541 g/mol. The summed E-state index contributed by atoms with van der Waals surface area (Å²) < 4.78 is 53.6. The third-order valence-electron chi connectivity index (χ3n) is 7.26. The molecule has 12 nitrogen and oxygen atoms in total. The number of halogens is 2. The van der Waals surface area contributed by atoms with Crippen LogP contribution < -0.4 is 11.3 Å². The Morgan fingerprint density at radius 2 is 2.14 bits per heavy atom. The Balaban J connectivity index is 1.56. The molecule has 15 heteroatoms. The fraction of sp³-hybridized carbons (Fsp3) is 0.727. The van der Waals surface area contributed by atoms with Crippen molar-refractivity contribution in [2.75, 3.05) is 12.3 Å². The quantitative estimate of drug-likeness (QED) is 0.317. The van der Waals surface area contributed by atoms with E-state index in [4.69, 9.17) is 24.8 Å². The van der Waals surface area contributed by atoms with Gasteiger partial charge in [-0.1, -0.05) is 0 Å². The highest BCUT2D eigenvalue weighted by Gasteiger charge is 2.88.